The first kappa shape index (κ1) is 12.2. The molecule has 1 heterocycles. The fraction of sp³-hybridized carbons (Fsp3) is 0.417. The van der Waals surface area contributed by atoms with Gasteiger partial charge in [-0.15, -0.1) is 0 Å². The first-order chi connectivity index (χ1) is 8.15. The highest BCUT2D eigenvalue weighted by molar-refractivity contribution is 6.30. The molecule has 3 N–H and O–H groups in total. The standard InChI is InChI=1S/C12H16ClN3O/c13-10-1-2-11(14)9(7-10)8-16-5-3-12(17)15-4-6-16/h1-2,7H,3-6,8,14H2,(H,15,17). The summed E-state index contributed by atoms with van der Waals surface area (Å²) in [4.78, 5) is 13.4. The summed E-state index contributed by atoms with van der Waals surface area (Å²) in [5.41, 5.74) is 7.67. The number of nitrogens with zero attached hydrogens (tertiary/aromatic N) is 1. The Kier molecular flexibility index (Phi) is 3.86. The third-order valence-corrected chi connectivity index (χ3v) is 3.14. The van der Waals surface area contributed by atoms with Crippen LogP contribution in [0.5, 0.6) is 0 Å². The summed E-state index contributed by atoms with van der Waals surface area (Å²) in [6.45, 7) is 3.04. The summed E-state index contributed by atoms with van der Waals surface area (Å²) in [6.07, 6.45) is 0.542. The number of rotatable bonds is 2. The zero-order chi connectivity index (χ0) is 12.3. The summed E-state index contributed by atoms with van der Waals surface area (Å²) in [6, 6.07) is 5.49. The predicted molar refractivity (Wildman–Crippen MR) is 68.8 cm³/mol. The number of nitrogens with two attached hydrogens (primary N) is 1. The molecule has 1 aliphatic rings. The van der Waals surface area contributed by atoms with Crippen LogP contribution in [0.3, 0.4) is 0 Å². The average Bonchev–Trinajstić information content (AvgIpc) is 2.49. The maximum absolute atomic E-state index is 11.2. The number of carbonyl (C=O) groups is 1. The quantitative estimate of drug-likeness (QED) is 0.780. The van der Waals surface area contributed by atoms with Gasteiger partial charge in [-0.2, -0.15) is 0 Å². The molecule has 1 aromatic carbocycles. The van der Waals surface area contributed by atoms with Crippen molar-refractivity contribution in [1.29, 1.82) is 0 Å². The molecule has 0 bridgehead atoms. The molecule has 1 saturated heterocycles. The lowest BCUT2D eigenvalue weighted by atomic mass is 10.1. The molecule has 0 aliphatic carbocycles. The Balaban J connectivity index is 2.04. The van der Waals surface area contributed by atoms with Crippen LogP contribution in [0.25, 0.3) is 0 Å². The Morgan fingerprint density at radius 1 is 1.41 bits per heavy atom. The molecule has 0 aromatic heterocycles. The Bertz CT molecular complexity index is 422. The molecule has 0 radical (unpaired) electrons. The summed E-state index contributed by atoms with van der Waals surface area (Å²) < 4.78 is 0. The van der Waals surface area contributed by atoms with Gasteiger partial charge in [-0.1, -0.05) is 11.6 Å². The van der Waals surface area contributed by atoms with Crippen molar-refractivity contribution < 1.29 is 4.79 Å². The maximum Gasteiger partial charge on any atom is 0.221 e. The van der Waals surface area contributed by atoms with Crippen molar-refractivity contribution in [1.82, 2.24) is 10.2 Å². The molecule has 0 atom stereocenters. The lowest BCUT2D eigenvalue weighted by Gasteiger charge is -2.20. The second kappa shape index (κ2) is 5.38. The molecule has 0 spiro atoms. The van der Waals surface area contributed by atoms with E-state index >= 15 is 0 Å². The third kappa shape index (κ3) is 3.35. The molecule has 1 fully saturated rings. The van der Waals surface area contributed by atoms with Crippen molar-refractivity contribution in [3.05, 3.63) is 28.8 Å². The van der Waals surface area contributed by atoms with Crippen molar-refractivity contribution in [2.75, 3.05) is 25.4 Å². The third-order valence-electron chi connectivity index (χ3n) is 2.90. The zero-order valence-electron chi connectivity index (χ0n) is 9.58. The normalized spacial score (nSPS) is 17.6. The molecule has 4 nitrogen and oxygen atoms in total. The Labute approximate surface area is 106 Å². The second-order valence-corrected chi connectivity index (χ2v) is 4.66. The van der Waals surface area contributed by atoms with Gasteiger partial charge in [0, 0.05) is 43.3 Å². The van der Waals surface area contributed by atoms with Crippen LogP contribution in [0, 0.1) is 0 Å². The van der Waals surface area contributed by atoms with Crippen LogP contribution in [0.15, 0.2) is 18.2 Å². The fourth-order valence-electron chi connectivity index (χ4n) is 1.92. The van der Waals surface area contributed by atoms with E-state index in [1.165, 1.54) is 0 Å². The lowest BCUT2D eigenvalue weighted by molar-refractivity contribution is -0.120. The number of carbonyl (C=O) groups excluding carboxylic acids is 1. The van der Waals surface area contributed by atoms with E-state index in [9.17, 15) is 4.79 Å². The molecule has 1 aromatic rings. The Morgan fingerprint density at radius 2 is 2.24 bits per heavy atom. The minimum atomic E-state index is 0.117. The number of nitrogen functional groups attached to an aromatic ring is 1. The van der Waals surface area contributed by atoms with Crippen LogP contribution in [-0.4, -0.2) is 30.4 Å². The monoisotopic (exact) mass is 253 g/mol. The number of hydrogen-bond acceptors (Lipinski definition) is 3. The average molecular weight is 254 g/mol. The summed E-state index contributed by atoms with van der Waals surface area (Å²) >= 11 is 5.95. The molecule has 1 amide bonds. The van der Waals surface area contributed by atoms with Gasteiger partial charge in [0.1, 0.15) is 0 Å². The first-order valence-electron chi connectivity index (χ1n) is 5.68. The summed E-state index contributed by atoms with van der Waals surface area (Å²) in [5, 5.41) is 3.54. The maximum atomic E-state index is 11.2. The van der Waals surface area contributed by atoms with Crippen LogP contribution in [0.4, 0.5) is 5.69 Å². The minimum Gasteiger partial charge on any atom is -0.398 e. The zero-order valence-corrected chi connectivity index (χ0v) is 10.3. The number of anilines is 1. The molecular formula is C12H16ClN3O. The van der Waals surface area contributed by atoms with Crippen LogP contribution in [-0.2, 0) is 11.3 Å². The number of benzene rings is 1. The molecule has 0 saturated carbocycles. The van der Waals surface area contributed by atoms with Crippen molar-refractivity contribution in [2.45, 2.75) is 13.0 Å². The molecule has 2 rings (SSSR count). The topological polar surface area (TPSA) is 58.4 Å². The number of nitrogens with one attached hydrogen (secondary N) is 1. The number of halogens is 1. The Morgan fingerprint density at radius 3 is 3.06 bits per heavy atom. The van der Waals surface area contributed by atoms with Crippen LogP contribution in [0.2, 0.25) is 5.02 Å². The molecule has 17 heavy (non-hydrogen) atoms. The van der Waals surface area contributed by atoms with Gasteiger partial charge in [-0.05, 0) is 23.8 Å². The van der Waals surface area contributed by atoms with Gasteiger partial charge < -0.3 is 11.1 Å². The van der Waals surface area contributed by atoms with Gasteiger partial charge in [0.25, 0.3) is 0 Å². The minimum absolute atomic E-state index is 0.117. The smallest absolute Gasteiger partial charge is 0.221 e. The SMILES string of the molecule is Nc1ccc(Cl)cc1CN1CCNC(=O)CC1. The summed E-state index contributed by atoms with van der Waals surface area (Å²) in [7, 11) is 0. The van der Waals surface area contributed by atoms with E-state index in [1.807, 2.05) is 12.1 Å². The van der Waals surface area contributed by atoms with E-state index in [0.29, 0.717) is 18.0 Å². The van der Waals surface area contributed by atoms with Gasteiger partial charge in [-0.3, -0.25) is 9.69 Å². The largest absolute Gasteiger partial charge is 0.398 e. The predicted octanol–water partition coefficient (Wildman–Crippen LogP) is 1.24. The van der Waals surface area contributed by atoms with Crippen molar-refractivity contribution >= 4 is 23.2 Å². The second-order valence-electron chi connectivity index (χ2n) is 4.22. The molecule has 5 heteroatoms. The van der Waals surface area contributed by atoms with Crippen molar-refractivity contribution in [3.8, 4) is 0 Å². The van der Waals surface area contributed by atoms with Gasteiger partial charge in [-0.25, -0.2) is 0 Å². The van der Waals surface area contributed by atoms with Crippen LogP contribution >= 0.6 is 11.6 Å². The highest BCUT2D eigenvalue weighted by Crippen LogP contribution is 2.19. The first-order valence-corrected chi connectivity index (χ1v) is 6.06. The van der Waals surface area contributed by atoms with E-state index in [0.717, 1.165) is 30.9 Å². The van der Waals surface area contributed by atoms with Crippen LogP contribution < -0.4 is 11.1 Å². The summed E-state index contributed by atoms with van der Waals surface area (Å²) in [5.74, 6) is 0.117. The lowest BCUT2D eigenvalue weighted by Crippen LogP contribution is -2.28. The molecular weight excluding hydrogens is 238 g/mol. The van der Waals surface area contributed by atoms with Gasteiger partial charge >= 0.3 is 0 Å². The number of amides is 1. The highest BCUT2D eigenvalue weighted by Gasteiger charge is 2.14. The van der Waals surface area contributed by atoms with E-state index in [4.69, 9.17) is 17.3 Å². The van der Waals surface area contributed by atoms with E-state index < -0.39 is 0 Å². The molecule has 1 aliphatic heterocycles. The molecule has 0 unspecified atom stereocenters. The van der Waals surface area contributed by atoms with E-state index in [2.05, 4.69) is 10.2 Å². The fourth-order valence-corrected chi connectivity index (χ4v) is 2.12. The Hall–Kier alpha value is -1.26. The molecule has 92 valence electrons. The highest BCUT2D eigenvalue weighted by atomic mass is 35.5. The van der Waals surface area contributed by atoms with Crippen molar-refractivity contribution in [3.63, 3.8) is 0 Å². The van der Waals surface area contributed by atoms with E-state index in [1.54, 1.807) is 6.07 Å². The van der Waals surface area contributed by atoms with Crippen LogP contribution in [0.1, 0.15) is 12.0 Å². The van der Waals surface area contributed by atoms with Crippen molar-refractivity contribution in [2.24, 2.45) is 0 Å². The van der Waals surface area contributed by atoms with Gasteiger partial charge in [0.2, 0.25) is 5.91 Å². The van der Waals surface area contributed by atoms with Gasteiger partial charge in [0.05, 0.1) is 0 Å². The number of hydrogen-bond donors (Lipinski definition) is 2. The van der Waals surface area contributed by atoms with Gasteiger partial charge in [0.15, 0.2) is 0 Å². The van der Waals surface area contributed by atoms with E-state index in [-0.39, 0.29) is 5.91 Å².